The minimum atomic E-state index is -0.0624. The summed E-state index contributed by atoms with van der Waals surface area (Å²) >= 11 is 11.8. The predicted octanol–water partition coefficient (Wildman–Crippen LogP) is 5.49. The summed E-state index contributed by atoms with van der Waals surface area (Å²) in [6.07, 6.45) is 3.30. The van der Waals surface area contributed by atoms with E-state index in [0.29, 0.717) is 16.7 Å². The van der Waals surface area contributed by atoms with Gasteiger partial charge in [0.1, 0.15) is 11.5 Å². The molecule has 0 bridgehead atoms. The Morgan fingerprint density at radius 3 is 2.54 bits per heavy atom. The van der Waals surface area contributed by atoms with E-state index in [-0.39, 0.29) is 6.04 Å². The van der Waals surface area contributed by atoms with E-state index in [9.17, 15) is 0 Å². The lowest BCUT2D eigenvalue weighted by Crippen LogP contribution is -2.36. The van der Waals surface area contributed by atoms with Crippen molar-refractivity contribution >= 4 is 34.6 Å². The van der Waals surface area contributed by atoms with Crippen molar-refractivity contribution in [1.29, 1.82) is 0 Å². The van der Waals surface area contributed by atoms with E-state index >= 15 is 0 Å². The third-order valence-corrected chi connectivity index (χ3v) is 4.37. The first-order valence-corrected chi connectivity index (χ1v) is 8.31. The number of hydrogen-bond donors (Lipinski definition) is 1. The lowest BCUT2D eigenvalue weighted by Gasteiger charge is -2.30. The molecule has 0 aliphatic heterocycles. The molecule has 6 heteroatoms. The van der Waals surface area contributed by atoms with Crippen LogP contribution in [0.15, 0.2) is 69.9 Å². The molecule has 124 valence electrons. The molecule has 2 aromatic heterocycles. The molecule has 0 radical (unpaired) electrons. The molecule has 24 heavy (non-hydrogen) atoms. The minimum Gasteiger partial charge on any atom is -0.467 e. The van der Waals surface area contributed by atoms with Crippen LogP contribution in [0.4, 0.5) is 5.69 Å². The molecule has 1 unspecified atom stereocenters. The fraction of sp³-hybridized carbons (Fsp3) is 0.167. The zero-order chi connectivity index (χ0) is 16.9. The first-order chi connectivity index (χ1) is 11.6. The van der Waals surface area contributed by atoms with E-state index < -0.39 is 0 Å². The predicted molar refractivity (Wildman–Crippen MR) is 99.0 cm³/mol. The summed E-state index contributed by atoms with van der Waals surface area (Å²) in [5.41, 5.74) is 0.764. The van der Waals surface area contributed by atoms with Crippen LogP contribution in [0.2, 0.25) is 5.02 Å². The molecule has 0 aliphatic rings. The Hall–Kier alpha value is -2.24. The second-order valence-corrected chi connectivity index (χ2v) is 6.10. The van der Waals surface area contributed by atoms with Crippen molar-refractivity contribution in [3.05, 3.63) is 77.6 Å². The SMILES string of the molecule is CC(c1ccco1)N(Cc1ccco1)C(=S)Nc1ccccc1Cl. The number of para-hydroxylation sites is 1. The number of thiocarbonyl (C=S) groups is 1. The second-order valence-electron chi connectivity index (χ2n) is 5.31. The Labute approximate surface area is 151 Å². The zero-order valence-corrected chi connectivity index (χ0v) is 14.7. The fourth-order valence-electron chi connectivity index (χ4n) is 2.39. The molecule has 3 aromatic rings. The Morgan fingerprint density at radius 1 is 1.12 bits per heavy atom. The molecular formula is C18H17ClN2O2S. The van der Waals surface area contributed by atoms with E-state index in [1.54, 1.807) is 12.5 Å². The molecule has 0 aliphatic carbocycles. The van der Waals surface area contributed by atoms with Crippen molar-refractivity contribution in [2.45, 2.75) is 19.5 Å². The Morgan fingerprint density at radius 2 is 1.88 bits per heavy atom. The Balaban J connectivity index is 1.83. The number of nitrogens with one attached hydrogen (secondary N) is 1. The van der Waals surface area contributed by atoms with Crippen LogP contribution in [-0.4, -0.2) is 10.0 Å². The van der Waals surface area contributed by atoms with Gasteiger partial charge in [-0.2, -0.15) is 0 Å². The number of furan rings is 2. The number of anilines is 1. The van der Waals surface area contributed by atoms with Crippen molar-refractivity contribution in [2.75, 3.05) is 5.32 Å². The maximum absolute atomic E-state index is 6.22. The molecule has 0 spiro atoms. The highest BCUT2D eigenvalue weighted by Gasteiger charge is 2.22. The maximum atomic E-state index is 6.22. The van der Waals surface area contributed by atoms with Crippen LogP contribution >= 0.6 is 23.8 Å². The van der Waals surface area contributed by atoms with Crippen LogP contribution < -0.4 is 5.32 Å². The third kappa shape index (κ3) is 3.80. The Bertz CT molecular complexity index is 787. The lowest BCUT2D eigenvalue weighted by molar-refractivity contribution is 0.269. The van der Waals surface area contributed by atoms with Crippen molar-refractivity contribution in [2.24, 2.45) is 0 Å². The first kappa shape index (κ1) is 16.6. The molecule has 1 atom stereocenters. The highest BCUT2D eigenvalue weighted by atomic mass is 35.5. The maximum Gasteiger partial charge on any atom is 0.174 e. The molecule has 0 fully saturated rings. The standard InChI is InChI=1S/C18H17ClN2O2S/c1-13(17-9-5-11-23-17)21(12-14-6-4-10-22-14)18(24)20-16-8-3-2-7-15(16)19/h2-11,13H,12H2,1H3,(H,20,24). The van der Waals surface area contributed by atoms with E-state index in [0.717, 1.165) is 17.2 Å². The van der Waals surface area contributed by atoms with Crippen LogP contribution in [0.25, 0.3) is 0 Å². The first-order valence-electron chi connectivity index (χ1n) is 7.53. The summed E-state index contributed by atoms with van der Waals surface area (Å²) in [6, 6.07) is 15.0. The monoisotopic (exact) mass is 360 g/mol. The highest BCUT2D eigenvalue weighted by molar-refractivity contribution is 7.80. The van der Waals surface area contributed by atoms with Crippen LogP contribution in [0.1, 0.15) is 24.5 Å². The normalized spacial score (nSPS) is 11.9. The van der Waals surface area contributed by atoms with Gasteiger partial charge in [0.15, 0.2) is 5.11 Å². The largest absolute Gasteiger partial charge is 0.467 e. The van der Waals surface area contributed by atoms with Crippen molar-refractivity contribution in [3.63, 3.8) is 0 Å². The van der Waals surface area contributed by atoms with Gasteiger partial charge in [-0.1, -0.05) is 23.7 Å². The number of hydrogen-bond acceptors (Lipinski definition) is 3. The van der Waals surface area contributed by atoms with Gasteiger partial charge in [0.05, 0.1) is 35.8 Å². The molecule has 2 heterocycles. The lowest BCUT2D eigenvalue weighted by atomic mass is 10.2. The van der Waals surface area contributed by atoms with Crippen molar-refractivity contribution < 1.29 is 8.83 Å². The average Bonchev–Trinajstić information content (AvgIpc) is 3.27. The van der Waals surface area contributed by atoms with Gasteiger partial charge in [-0.3, -0.25) is 0 Å². The molecule has 0 saturated heterocycles. The second kappa shape index (κ2) is 7.55. The van der Waals surface area contributed by atoms with Gasteiger partial charge in [-0.05, 0) is 55.5 Å². The smallest absolute Gasteiger partial charge is 0.174 e. The average molecular weight is 361 g/mol. The van der Waals surface area contributed by atoms with Crippen LogP contribution in [0.5, 0.6) is 0 Å². The molecule has 0 amide bonds. The summed E-state index contributed by atoms with van der Waals surface area (Å²) in [7, 11) is 0. The van der Waals surface area contributed by atoms with Gasteiger partial charge in [0, 0.05) is 0 Å². The molecular weight excluding hydrogens is 344 g/mol. The summed E-state index contributed by atoms with van der Waals surface area (Å²) in [5.74, 6) is 1.64. The molecule has 1 N–H and O–H groups in total. The molecule has 4 nitrogen and oxygen atoms in total. The number of rotatable bonds is 5. The van der Waals surface area contributed by atoms with E-state index in [1.165, 1.54) is 0 Å². The van der Waals surface area contributed by atoms with E-state index in [2.05, 4.69) is 5.32 Å². The zero-order valence-electron chi connectivity index (χ0n) is 13.1. The highest BCUT2D eigenvalue weighted by Crippen LogP contribution is 2.26. The van der Waals surface area contributed by atoms with Crippen LogP contribution in [-0.2, 0) is 6.54 Å². The third-order valence-electron chi connectivity index (χ3n) is 3.71. The Kier molecular flexibility index (Phi) is 5.23. The van der Waals surface area contributed by atoms with Crippen LogP contribution in [0, 0.1) is 0 Å². The van der Waals surface area contributed by atoms with Crippen molar-refractivity contribution in [3.8, 4) is 0 Å². The topological polar surface area (TPSA) is 41.6 Å². The fourth-order valence-corrected chi connectivity index (χ4v) is 2.90. The summed E-state index contributed by atoms with van der Waals surface area (Å²) in [5, 5.41) is 4.37. The van der Waals surface area contributed by atoms with Gasteiger partial charge in [-0.25, -0.2) is 0 Å². The van der Waals surface area contributed by atoms with E-state index in [1.807, 2.05) is 60.4 Å². The summed E-state index contributed by atoms with van der Waals surface area (Å²) < 4.78 is 11.0. The minimum absolute atomic E-state index is 0.0624. The summed E-state index contributed by atoms with van der Waals surface area (Å²) in [4.78, 5) is 2.00. The van der Waals surface area contributed by atoms with Crippen molar-refractivity contribution in [1.82, 2.24) is 4.90 Å². The summed E-state index contributed by atoms with van der Waals surface area (Å²) in [6.45, 7) is 2.55. The van der Waals surface area contributed by atoms with Gasteiger partial charge < -0.3 is 19.1 Å². The molecule has 3 rings (SSSR count). The van der Waals surface area contributed by atoms with Gasteiger partial charge >= 0.3 is 0 Å². The van der Waals surface area contributed by atoms with Gasteiger partial charge in [-0.15, -0.1) is 0 Å². The molecule has 1 aromatic carbocycles. The number of benzene rings is 1. The number of nitrogens with zero attached hydrogens (tertiary/aromatic N) is 1. The number of halogens is 1. The van der Waals surface area contributed by atoms with Crippen LogP contribution in [0.3, 0.4) is 0 Å². The van der Waals surface area contributed by atoms with Gasteiger partial charge in [0.2, 0.25) is 0 Å². The quantitative estimate of drug-likeness (QED) is 0.609. The molecule has 0 saturated carbocycles. The van der Waals surface area contributed by atoms with Gasteiger partial charge in [0.25, 0.3) is 0 Å². The van der Waals surface area contributed by atoms with E-state index in [4.69, 9.17) is 32.7 Å².